The van der Waals surface area contributed by atoms with Crippen molar-refractivity contribution in [2.75, 3.05) is 0 Å². The van der Waals surface area contributed by atoms with Crippen molar-refractivity contribution in [1.29, 1.82) is 0 Å². The first-order valence-electron chi connectivity index (χ1n) is 14.1. The number of para-hydroxylation sites is 1. The molecule has 0 N–H and O–H groups in total. The molecule has 6 rings (SSSR count). The highest BCUT2D eigenvalue weighted by molar-refractivity contribution is 5.80. The van der Waals surface area contributed by atoms with Crippen LogP contribution in [0.3, 0.4) is 0 Å². The second-order valence-electron chi connectivity index (χ2n) is 10.4. The summed E-state index contributed by atoms with van der Waals surface area (Å²) in [6.45, 7) is 2.13. The largest absolute Gasteiger partial charge is 0.328 e. The van der Waals surface area contributed by atoms with E-state index in [1.807, 2.05) is 67.6 Å². The Morgan fingerprint density at radius 2 is 1.51 bits per heavy atom. The lowest BCUT2D eigenvalue weighted by Crippen LogP contribution is -2.38. The van der Waals surface area contributed by atoms with Crippen LogP contribution in [0.1, 0.15) is 29.9 Å². The number of rotatable bonds is 8. The van der Waals surface area contributed by atoms with Crippen molar-refractivity contribution in [1.82, 2.24) is 19.4 Å². The minimum atomic E-state index is -0.612. The van der Waals surface area contributed by atoms with E-state index in [4.69, 9.17) is 4.98 Å². The summed E-state index contributed by atoms with van der Waals surface area (Å²) in [5.41, 5.74) is 4.60. The highest BCUT2D eigenvalue weighted by Crippen LogP contribution is 2.26. The Labute approximate surface area is 248 Å². The molecule has 0 radical (unpaired) electrons. The van der Waals surface area contributed by atoms with Gasteiger partial charge in [-0.15, -0.1) is 0 Å². The Morgan fingerprint density at radius 3 is 2.23 bits per heavy atom. The van der Waals surface area contributed by atoms with Crippen LogP contribution in [0.5, 0.6) is 0 Å². The zero-order valence-corrected chi connectivity index (χ0v) is 23.6. The summed E-state index contributed by atoms with van der Waals surface area (Å²) >= 11 is 0. The van der Waals surface area contributed by atoms with E-state index in [0.717, 1.165) is 22.3 Å². The summed E-state index contributed by atoms with van der Waals surface area (Å²) in [6.07, 6.45) is 3.57. The van der Waals surface area contributed by atoms with Gasteiger partial charge in [-0.1, -0.05) is 72.8 Å². The Bertz CT molecular complexity index is 1920. The van der Waals surface area contributed by atoms with E-state index in [2.05, 4.69) is 17.1 Å². The van der Waals surface area contributed by atoms with Crippen molar-refractivity contribution in [2.45, 2.75) is 25.9 Å². The first kappa shape index (κ1) is 27.7. The number of pyridine rings is 1. The average molecular weight is 569 g/mol. The SMILES string of the molecule is CC(c1nc2ccccc2c(=O)n1-c1ccc(F)cc1)N(Cc1cccnc1)C(=O)Cc1ccc(-c2ccccc2)cc1. The van der Waals surface area contributed by atoms with Crippen LogP contribution in [-0.2, 0) is 17.8 Å². The fourth-order valence-electron chi connectivity index (χ4n) is 5.26. The van der Waals surface area contributed by atoms with Gasteiger partial charge in [0.15, 0.2) is 0 Å². The molecule has 0 aliphatic heterocycles. The summed E-state index contributed by atoms with van der Waals surface area (Å²) in [5.74, 6) is -0.157. The van der Waals surface area contributed by atoms with Crippen LogP contribution in [0.25, 0.3) is 27.7 Å². The molecule has 0 aliphatic carbocycles. The van der Waals surface area contributed by atoms with E-state index in [-0.39, 0.29) is 24.4 Å². The van der Waals surface area contributed by atoms with E-state index in [9.17, 15) is 14.0 Å². The number of aromatic nitrogens is 3. The first-order chi connectivity index (χ1) is 21.0. The van der Waals surface area contributed by atoms with Crippen LogP contribution in [-0.4, -0.2) is 25.3 Å². The molecule has 212 valence electrons. The number of fused-ring (bicyclic) bond motifs is 1. The molecule has 0 saturated carbocycles. The lowest BCUT2D eigenvalue weighted by atomic mass is 10.0. The molecule has 0 bridgehead atoms. The van der Waals surface area contributed by atoms with E-state index >= 15 is 0 Å². The van der Waals surface area contributed by atoms with Crippen molar-refractivity contribution in [2.24, 2.45) is 0 Å². The minimum Gasteiger partial charge on any atom is -0.328 e. The molecule has 1 unspecified atom stereocenters. The Balaban J connectivity index is 1.40. The standard InChI is InChI=1S/C36H29FN4O2/c1-25(35-39-33-12-6-5-11-32(33)36(43)41(35)31-19-17-30(37)18-20-31)40(24-27-8-7-21-38-23-27)34(42)22-26-13-15-29(16-14-26)28-9-3-2-4-10-28/h2-21,23,25H,22,24H2,1H3. The van der Waals surface area contributed by atoms with Crippen LogP contribution in [0.15, 0.2) is 132 Å². The quantitative estimate of drug-likeness (QED) is 0.200. The molecule has 0 aliphatic rings. The summed E-state index contributed by atoms with van der Waals surface area (Å²) in [7, 11) is 0. The molecule has 0 saturated heterocycles. The molecule has 2 heterocycles. The van der Waals surface area contributed by atoms with Gasteiger partial charge in [0, 0.05) is 18.9 Å². The fraction of sp³-hybridized carbons (Fsp3) is 0.111. The third-order valence-corrected chi connectivity index (χ3v) is 7.54. The average Bonchev–Trinajstić information content (AvgIpc) is 3.05. The maximum atomic E-state index is 14.1. The zero-order chi connectivity index (χ0) is 29.8. The van der Waals surface area contributed by atoms with Crippen LogP contribution in [0, 0.1) is 5.82 Å². The van der Waals surface area contributed by atoms with Crippen molar-refractivity contribution in [3.63, 3.8) is 0 Å². The lowest BCUT2D eigenvalue weighted by molar-refractivity contribution is -0.133. The summed E-state index contributed by atoms with van der Waals surface area (Å²) in [5, 5.41) is 0.436. The summed E-state index contributed by atoms with van der Waals surface area (Å²) < 4.78 is 15.3. The first-order valence-corrected chi connectivity index (χ1v) is 14.1. The lowest BCUT2D eigenvalue weighted by Gasteiger charge is -2.31. The number of amides is 1. The van der Waals surface area contributed by atoms with Crippen LogP contribution >= 0.6 is 0 Å². The second-order valence-corrected chi connectivity index (χ2v) is 10.4. The van der Waals surface area contributed by atoms with Crippen molar-refractivity contribution in [3.8, 4) is 16.8 Å². The number of hydrogen-bond acceptors (Lipinski definition) is 4. The fourth-order valence-corrected chi connectivity index (χ4v) is 5.26. The molecule has 6 aromatic rings. The van der Waals surface area contributed by atoms with Crippen molar-refractivity contribution < 1.29 is 9.18 Å². The maximum Gasteiger partial charge on any atom is 0.266 e. The molecule has 4 aromatic carbocycles. The van der Waals surface area contributed by atoms with Gasteiger partial charge in [-0.05, 0) is 71.6 Å². The third-order valence-electron chi connectivity index (χ3n) is 7.54. The van der Waals surface area contributed by atoms with Gasteiger partial charge in [0.2, 0.25) is 5.91 Å². The van der Waals surface area contributed by atoms with Gasteiger partial charge in [-0.3, -0.25) is 19.1 Å². The van der Waals surface area contributed by atoms with Crippen LogP contribution in [0.2, 0.25) is 0 Å². The monoisotopic (exact) mass is 568 g/mol. The number of benzene rings is 4. The molecule has 0 spiro atoms. The normalized spacial score (nSPS) is 11.8. The van der Waals surface area contributed by atoms with E-state index < -0.39 is 11.9 Å². The number of nitrogens with zero attached hydrogens (tertiary/aromatic N) is 4. The molecule has 2 aromatic heterocycles. The maximum absolute atomic E-state index is 14.1. The van der Waals surface area contributed by atoms with Gasteiger partial charge >= 0.3 is 0 Å². The molecule has 1 amide bonds. The van der Waals surface area contributed by atoms with E-state index in [0.29, 0.717) is 22.4 Å². The Morgan fingerprint density at radius 1 is 0.814 bits per heavy atom. The number of halogens is 1. The molecule has 43 heavy (non-hydrogen) atoms. The highest BCUT2D eigenvalue weighted by atomic mass is 19.1. The van der Waals surface area contributed by atoms with Crippen molar-refractivity contribution in [3.05, 3.63) is 161 Å². The minimum absolute atomic E-state index is 0.128. The second kappa shape index (κ2) is 12.2. The molecular weight excluding hydrogens is 539 g/mol. The number of carbonyl (C=O) groups is 1. The zero-order valence-electron chi connectivity index (χ0n) is 23.6. The third kappa shape index (κ3) is 5.97. The van der Waals surface area contributed by atoms with E-state index in [1.165, 1.54) is 16.7 Å². The summed E-state index contributed by atoms with van der Waals surface area (Å²) in [4.78, 5) is 38.8. The van der Waals surface area contributed by atoms with Crippen LogP contribution in [0.4, 0.5) is 4.39 Å². The molecule has 1 atom stereocenters. The van der Waals surface area contributed by atoms with Crippen LogP contribution < -0.4 is 5.56 Å². The number of carbonyl (C=O) groups excluding carboxylic acids is 1. The predicted octanol–water partition coefficient (Wildman–Crippen LogP) is 6.92. The van der Waals surface area contributed by atoms with E-state index in [1.54, 1.807) is 47.6 Å². The number of hydrogen-bond donors (Lipinski definition) is 0. The molecular formula is C36H29FN4O2. The molecule has 7 heteroatoms. The topological polar surface area (TPSA) is 68.1 Å². The molecule has 6 nitrogen and oxygen atoms in total. The highest BCUT2D eigenvalue weighted by Gasteiger charge is 2.27. The Hall–Kier alpha value is -5.43. The predicted molar refractivity (Wildman–Crippen MR) is 166 cm³/mol. The van der Waals surface area contributed by atoms with Gasteiger partial charge in [-0.2, -0.15) is 0 Å². The smallest absolute Gasteiger partial charge is 0.266 e. The van der Waals surface area contributed by atoms with Gasteiger partial charge < -0.3 is 4.90 Å². The molecule has 0 fully saturated rings. The van der Waals surface area contributed by atoms with Gasteiger partial charge in [0.1, 0.15) is 11.6 Å². The van der Waals surface area contributed by atoms with Gasteiger partial charge in [0.25, 0.3) is 5.56 Å². The Kier molecular flexibility index (Phi) is 7.87. The van der Waals surface area contributed by atoms with Crippen molar-refractivity contribution >= 4 is 16.8 Å². The van der Waals surface area contributed by atoms with Gasteiger partial charge in [-0.25, -0.2) is 9.37 Å². The van der Waals surface area contributed by atoms with Gasteiger partial charge in [0.05, 0.1) is 29.1 Å². The summed E-state index contributed by atoms with van der Waals surface area (Å²) in [6, 6.07) is 34.0.